The first-order chi connectivity index (χ1) is 12.0. The second-order valence-corrected chi connectivity index (χ2v) is 7.16. The molecule has 0 radical (unpaired) electrons. The first-order valence-corrected chi connectivity index (χ1v) is 9.33. The molecule has 1 heterocycles. The molecule has 0 saturated carbocycles. The Hall–Kier alpha value is -1.88. The van der Waals surface area contributed by atoms with Crippen molar-refractivity contribution in [3.63, 3.8) is 0 Å². The quantitative estimate of drug-likeness (QED) is 0.797. The van der Waals surface area contributed by atoms with Crippen molar-refractivity contribution in [1.29, 1.82) is 0 Å². The van der Waals surface area contributed by atoms with Gasteiger partial charge in [0.05, 0.1) is 6.54 Å². The molecule has 2 N–H and O–H groups in total. The predicted molar refractivity (Wildman–Crippen MR) is 101 cm³/mol. The van der Waals surface area contributed by atoms with E-state index in [1.54, 1.807) is 0 Å². The first-order valence-electron chi connectivity index (χ1n) is 9.33. The Balaban J connectivity index is 1.71. The van der Waals surface area contributed by atoms with E-state index in [2.05, 4.69) is 28.5 Å². The maximum atomic E-state index is 12.3. The third kappa shape index (κ3) is 6.50. The zero-order chi connectivity index (χ0) is 18.2. The van der Waals surface area contributed by atoms with E-state index in [4.69, 9.17) is 0 Å². The number of hydrogen-bond acceptors (Lipinski definition) is 3. The third-order valence-electron chi connectivity index (χ3n) is 4.68. The molecule has 2 amide bonds. The van der Waals surface area contributed by atoms with Crippen LogP contribution in [0.25, 0.3) is 0 Å². The Kier molecular flexibility index (Phi) is 7.44. The summed E-state index contributed by atoms with van der Waals surface area (Å²) in [4.78, 5) is 26.3. The van der Waals surface area contributed by atoms with Crippen molar-refractivity contribution in [3.8, 4) is 0 Å². The first kappa shape index (κ1) is 19.4. The summed E-state index contributed by atoms with van der Waals surface area (Å²) >= 11 is 0. The van der Waals surface area contributed by atoms with Gasteiger partial charge >= 0.3 is 0 Å². The summed E-state index contributed by atoms with van der Waals surface area (Å²) in [5.74, 6) is 0.612. The van der Waals surface area contributed by atoms with Crippen molar-refractivity contribution in [3.05, 3.63) is 34.9 Å². The molecule has 1 fully saturated rings. The summed E-state index contributed by atoms with van der Waals surface area (Å²) < 4.78 is 0. The normalized spacial score (nSPS) is 15.8. The summed E-state index contributed by atoms with van der Waals surface area (Å²) in [7, 11) is 0. The molecule has 5 nitrogen and oxygen atoms in total. The van der Waals surface area contributed by atoms with Crippen LogP contribution in [0.15, 0.2) is 18.2 Å². The fourth-order valence-corrected chi connectivity index (χ4v) is 3.32. The van der Waals surface area contributed by atoms with E-state index < -0.39 is 0 Å². The van der Waals surface area contributed by atoms with Gasteiger partial charge in [-0.1, -0.05) is 24.1 Å². The summed E-state index contributed by atoms with van der Waals surface area (Å²) in [5, 5.41) is 5.99. The SMILES string of the molecule is CCCNC(=O)CN1CCC(CNC(=O)c2cc(C)cc(C)c2)CC1. The maximum absolute atomic E-state index is 12.3. The van der Waals surface area contributed by atoms with Crippen molar-refractivity contribution in [2.45, 2.75) is 40.0 Å². The molecule has 1 aliphatic rings. The Bertz CT molecular complexity index is 572. The zero-order valence-electron chi connectivity index (χ0n) is 15.7. The molecule has 0 bridgehead atoms. The number of hydrogen-bond donors (Lipinski definition) is 2. The van der Waals surface area contributed by atoms with Crippen LogP contribution in [-0.2, 0) is 4.79 Å². The smallest absolute Gasteiger partial charge is 0.251 e. The van der Waals surface area contributed by atoms with E-state index in [1.165, 1.54) is 0 Å². The van der Waals surface area contributed by atoms with Gasteiger partial charge in [-0.25, -0.2) is 0 Å². The highest BCUT2D eigenvalue weighted by Gasteiger charge is 2.21. The van der Waals surface area contributed by atoms with Crippen molar-refractivity contribution in [2.24, 2.45) is 5.92 Å². The number of benzene rings is 1. The molecular weight excluding hydrogens is 314 g/mol. The average Bonchev–Trinajstić information content (AvgIpc) is 2.58. The van der Waals surface area contributed by atoms with Gasteiger partial charge in [0.15, 0.2) is 0 Å². The molecule has 0 aliphatic carbocycles. The summed E-state index contributed by atoms with van der Waals surface area (Å²) in [6, 6.07) is 5.93. The topological polar surface area (TPSA) is 61.4 Å². The minimum atomic E-state index is 0.00757. The van der Waals surface area contributed by atoms with E-state index in [-0.39, 0.29) is 11.8 Å². The van der Waals surface area contributed by atoms with Crippen molar-refractivity contribution >= 4 is 11.8 Å². The average molecular weight is 345 g/mol. The van der Waals surface area contributed by atoms with Crippen LogP contribution in [0.2, 0.25) is 0 Å². The van der Waals surface area contributed by atoms with Gasteiger partial charge in [-0.3, -0.25) is 14.5 Å². The van der Waals surface area contributed by atoms with Gasteiger partial charge in [-0.05, 0) is 64.3 Å². The lowest BCUT2D eigenvalue weighted by molar-refractivity contribution is -0.122. The van der Waals surface area contributed by atoms with E-state index in [0.29, 0.717) is 19.0 Å². The van der Waals surface area contributed by atoms with Gasteiger partial charge in [-0.15, -0.1) is 0 Å². The van der Waals surface area contributed by atoms with Crippen molar-refractivity contribution in [2.75, 3.05) is 32.7 Å². The zero-order valence-corrected chi connectivity index (χ0v) is 15.7. The number of rotatable bonds is 7. The molecule has 1 saturated heterocycles. The summed E-state index contributed by atoms with van der Waals surface area (Å²) in [5.41, 5.74) is 2.96. The molecule has 1 aromatic carbocycles. The van der Waals surface area contributed by atoms with Gasteiger partial charge in [0.25, 0.3) is 5.91 Å². The number of piperidine rings is 1. The Morgan fingerprint density at radius 1 is 1.08 bits per heavy atom. The molecular formula is C20H31N3O2. The molecule has 1 aromatic rings. The standard InChI is InChI=1S/C20H31N3O2/c1-4-7-21-19(24)14-23-8-5-17(6-9-23)13-22-20(25)18-11-15(2)10-16(3)12-18/h10-12,17H,4-9,13-14H2,1-3H3,(H,21,24)(H,22,25). The van der Waals surface area contributed by atoms with Crippen LogP contribution in [-0.4, -0.2) is 49.4 Å². The molecule has 1 aliphatic heterocycles. The molecule has 25 heavy (non-hydrogen) atoms. The third-order valence-corrected chi connectivity index (χ3v) is 4.68. The largest absolute Gasteiger partial charge is 0.355 e. The summed E-state index contributed by atoms with van der Waals surface area (Å²) in [6.07, 6.45) is 3.01. The van der Waals surface area contributed by atoms with Gasteiger partial charge < -0.3 is 10.6 Å². The van der Waals surface area contributed by atoms with Crippen LogP contribution in [0.1, 0.15) is 47.7 Å². The fraction of sp³-hybridized carbons (Fsp3) is 0.600. The van der Waals surface area contributed by atoms with Crippen LogP contribution in [0.3, 0.4) is 0 Å². The fourth-order valence-electron chi connectivity index (χ4n) is 3.32. The number of carbonyl (C=O) groups is 2. The highest BCUT2D eigenvalue weighted by atomic mass is 16.2. The highest BCUT2D eigenvalue weighted by molar-refractivity contribution is 5.94. The number of nitrogens with one attached hydrogen (secondary N) is 2. The lowest BCUT2D eigenvalue weighted by Crippen LogP contribution is -2.43. The van der Waals surface area contributed by atoms with Gasteiger partial charge in [0.2, 0.25) is 5.91 Å². The van der Waals surface area contributed by atoms with E-state index >= 15 is 0 Å². The van der Waals surface area contributed by atoms with Gasteiger partial charge in [-0.2, -0.15) is 0 Å². The van der Waals surface area contributed by atoms with Crippen LogP contribution >= 0.6 is 0 Å². The van der Waals surface area contributed by atoms with Crippen LogP contribution in [0.4, 0.5) is 0 Å². The number of carbonyl (C=O) groups excluding carboxylic acids is 2. The minimum Gasteiger partial charge on any atom is -0.355 e. The number of likely N-dealkylation sites (tertiary alicyclic amines) is 1. The van der Waals surface area contributed by atoms with Crippen LogP contribution < -0.4 is 10.6 Å². The molecule has 138 valence electrons. The van der Waals surface area contributed by atoms with E-state index in [9.17, 15) is 9.59 Å². The predicted octanol–water partition coefficient (Wildman–Crippen LogP) is 2.27. The molecule has 0 aromatic heterocycles. The Morgan fingerprint density at radius 2 is 1.72 bits per heavy atom. The lowest BCUT2D eigenvalue weighted by Gasteiger charge is -2.31. The minimum absolute atomic E-state index is 0.00757. The molecule has 2 rings (SSSR count). The molecule has 0 atom stereocenters. The van der Waals surface area contributed by atoms with Crippen molar-refractivity contribution in [1.82, 2.24) is 15.5 Å². The molecule has 5 heteroatoms. The van der Waals surface area contributed by atoms with Gasteiger partial charge in [0, 0.05) is 18.7 Å². The second-order valence-electron chi connectivity index (χ2n) is 7.16. The Labute approximate surface area is 151 Å². The van der Waals surface area contributed by atoms with Gasteiger partial charge in [0.1, 0.15) is 0 Å². The van der Waals surface area contributed by atoms with Crippen molar-refractivity contribution < 1.29 is 9.59 Å². The number of nitrogens with zero attached hydrogens (tertiary/aromatic N) is 1. The van der Waals surface area contributed by atoms with E-state index in [1.807, 2.05) is 26.0 Å². The number of amides is 2. The van der Waals surface area contributed by atoms with Crippen LogP contribution in [0.5, 0.6) is 0 Å². The van der Waals surface area contributed by atoms with Crippen LogP contribution in [0, 0.1) is 19.8 Å². The highest BCUT2D eigenvalue weighted by Crippen LogP contribution is 2.16. The summed E-state index contributed by atoms with van der Waals surface area (Å²) in [6.45, 7) is 9.86. The lowest BCUT2D eigenvalue weighted by atomic mass is 9.96. The number of aryl methyl sites for hydroxylation is 2. The second kappa shape index (κ2) is 9.56. The maximum Gasteiger partial charge on any atom is 0.251 e. The molecule has 0 unspecified atom stereocenters. The molecule has 0 spiro atoms. The Morgan fingerprint density at radius 3 is 2.32 bits per heavy atom. The monoisotopic (exact) mass is 345 g/mol. The van der Waals surface area contributed by atoms with E-state index in [0.717, 1.165) is 55.6 Å².